The van der Waals surface area contributed by atoms with Gasteiger partial charge in [-0.05, 0) is 0 Å². The highest BCUT2D eigenvalue weighted by atomic mass is 31.3. The topological polar surface area (TPSA) is 412 Å². The summed E-state index contributed by atoms with van der Waals surface area (Å²) in [6, 6.07) is 0. The molecule has 9 unspecified atom stereocenters. The molecule has 0 aromatic carbocycles. The quantitative estimate of drug-likeness (QED) is 0.0574. The lowest BCUT2D eigenvalue weighted by atomic mass is 10.1. The summed E-state index contributed by atoms with van der Waals surface area (Å²) in [6.07, 6.45) is -6.41. The van der Waals surface area contributed by atoms with E-state index >= 15 is 0 Å². The summed E-state index contributed by atoms with van der Waals surface area (Å²) >= 11 is 0. The molecular weight excluding hydrogens is 807 g/mol. The Morgan fingerprint density at radius 1 is 1.00 bits per heavy atom. The lowest BCUT2D eigenvalue weighted by Gasteiger charge is -2.41. The van der Waals surface area contributed by atoms with Crippen molar-refractivity contribution in [3.63, 3.8) is 0 Å². The first-order valence-electron chi connectivity index (χ1n) is 15.8. The third kappa shape index (κ3) is 10.1. The number of anilines is 3. The van der Waals surface area contributed by atoms with Crippen LogP contribution in [0.5, 0.6) is 0 Å². The molecule has 0 radical (unpaired) electrons. The number of morpholine rings is 1. The smallest absolute Gasteiger partial charge is 0.395 e. The van der Waals surface area contributed by atoms with Crippen molar-refractivity contribution >= 4 is 58.0 Å². The minimum absolute atomic E-state index is 0.0166. The van der Waals surface area contributed by atoms with Gasteiger partial charge in [0.15, 0.2) is 17.4 Å². The maximum Gasteiger partial charge on any atom is 0.490 e. The highest BCUT2D eigenvalue weighted by molar-refractivity contribution is 7.66. The van der Waals surface area contributed by atoms with Crippen molar-refractivity contribution in [2.75, 3.05) is 62.9 Å². The number of phosphoric acid groups is 3. The van der Waals surface area contributed by atoms with Crippen molar-refractivity contribution in [2.24, 2.45) is 0 Å². The predicted octanol–water partition coefficient (Wildman–Crippen LogP) is -4.15. The van der Waals surface area contributed by atoms with Gasteiger partial charge in [0, 0.05) is 25.8 Å². The second-order valence-corrected chi connectivity index (χ2v) is 16.4. The first kappa shape index (κ1) is 42.6. The maximum atomic E-state index is 12.7. The zero-order chi connectivity index (χ0) is 40.5. The fraction of sp³-hybridized carbons (Fsp3) is 0.542. The van der Waals surface area contributed by atoms with Crippen molar-refractivity contribution in [2.45, 2.75) is 36.9 Å². The van der Waals surface area contributed by atoms with Crippen LogP contribution in [0.3, 0.4) is 0 Å². The van der Waals surface area contributed by atoms with E-state index in [9.17, 15) is 53.3 Å². The highest BCUT2D eigenvalue weighted by Crippen LogP contribution is 2.67. The molecule has 9 atom stereocenters. The number of aliphatic hydroxyl groups is 3. The number of nitrogen functional groups attached to an aromatic ring is 2. The summed E-state index contributed by atoms with van der Waals surface area (Å²) in [5, 5.41) is 32.1. The second-order valence-electron chi connectivity index (χ2n) is 11.7. The molecule has 31 heteroatoms. The number of phosphoric ester groups is 2. The Labute approximate surface area is 308 Å². The van der Waals surface area contributed by atoms with E-state index in [2.05, 4.69) is 44.6 Å². The molecule has 5 rings (SSSR count). The second kappa shape index (κ2) is 16.9. The number of nitrogens with zero attached hydrogens (tertiary/aromatic N) is 6. The van der Waals surface area contributed by atoms with Crippen LogP contribution < -0.4 is 32.8 Å². The van der Waals surface area contributed by atoms with Crippen LogP contribution in [0.2, 0.25) is 0 Å². The van der Waals surface area contributed by atoms with E-state index in [-0.39, 0.29) is 60.8 Å². The van der Waals surface area contributed by atoms with E-state index in [1.165, 1.54) is 16.4 Å². The number of rotatable bonds is 17. The third-order valence-electron chi connectivity index (χ3n) is 7.94. The minimum atomic E-state index is -5.95. The molecule has 2 aliphatic heterocycles. The Balaban J connectivity index is 1.19. The van der Waals surface area contributed by atoms with Gasteiger partial charge in [-0.2, -0.15) is 18.6 Å². The zero-order valence-corrected chi connectivity index (χ0v) is 31.2. The van der Waals surface area contributed by atoms with E-state index < -0.39 is 84.7 Å². The lowest BCUT2D eigenvalue weighted by molar-refractivity contribution is -0.540. The Morgan fingerprint density at radius 3 is 2.27 bits per heavy atom. The monoisotopic (exact) mass is 846 g/mol. The van der Waals surface area contributed by atoms with E-state index in [0.717, 1.165) is 10.9 Å². The normalized spacial score (nSPS) is 26.7. The molecule has 14 N–H and O–H groups in total. The van der Waals surface area contributed by atoms with Crippen molar-refractivity contribution in [3.8, 4) is 0 Å². The molecule has 0 amide bonds. The number of fused-ring (bicyclic) bond motifs is 1. The van der Waals surface area contributed by atoms with Crippen LogP contribution in [-0.4, -0.2) is 142 Å². The number of hydrogen-bond acceptors (Lipinski definition) is 21. The number of β-amino-alcohol motifs (C(OH)–C–C–N with tert-alkyl or cyclic N) is 1. The average Bonchev–Trinajstić information content (AvgIpc) is 3.62. The highest BCUT2D eigenvalue weighted by Gasteiger charge is 2.47. The fourth-order valence-electron chi connectivity index (χ4n) is 5.64. The molecular formula is C24H39N11O17P3+. The average molecular weight is 847 g/mol. The number of hydrogen-bond donors (Lipinski definition) is 11. The van der Waals surface area contributed by atoms with Gasteiger partial charge in [0.2, 0.25) is 23.4 Å². The standard InChI is InChI=1S/C24H38N11O17P3/c1-3-34(18-14(27-2)20(39)31-23(25)29-18)13-7-33(4-5-36)6-11(49-13)8-47-53(41,42)51-55(45,46)52-54(43,44)48-9-12-16(37)17(38)22(50-12)35-10-28-15-19(35)30-24(26)32-21(15)40/h3,10-13,16-17,22,27,36-38H,1,4-9H2,2H3,(H,41,42)(H,43,44)(H,45,46)(H3,25,29,31,39)(H3,26,30,32,40)/p+1. The van der Waals surface area contributed by atoms with Crippen LogP contribution in [0.15, 0.2) is 28.7 Å². The van der Waals surface area contributed by atoms with Gasteiger partial charge in [0.25, 0.3) is 5.56 Å². The van der Waals surface area contributed by atoms with Gasteiger partial charge in [-0.1, -0.05) is 6.58 Å². The van der Waals surface area contributed by atoms with Crippen molar-refractivity contribution in [3.05, 3.63) is 39.8 Å². The molecule has 2 fully saturated rings. The van der Waals surface area contributed by atoms with Gasteiger partial charge < -0.3 is 61.2 Å². The number of nitrogens with one attached hydrogen (secondary N) is 2. The largest absolute Gasteiger partial charge is 0.490 e. The maximum absolute atomic E-state index is 12.7. The summed E-state index contributed by atoms with van der Waals surface area (Å²) in [5.41, 5.74) is 9.80. The number of aliphatic hydroxyl groups excluding tert-OH is 3. The van der Waals surface area contributed by atoms with Crippen LogP contribution in [0.4, 0.5) is 23.4 Å². The van der Waals surface area contributed by atoms with Crippen molar-refractivity contribution in [1.82, 2.24) is 34.4 Å². The molecule has 0 spiro atoms. The van der Waals surface area contributed by atoms with Gasteiger partial charge in [-0.25, -0.2) is 18.7 Å². The molecule has 0 aliphatic carbocycles. The number of aromatic amines is 2. The molecule has 2 saturated heterocycles. The molecule has 0 saturated carbocycles. The van der Waals surface area contributed by atoms with Gasteiger partial charge in [-0.15, -0.1) is 0 Å². The molecule has 3 aromatic rings. The number of quaternary nitrogens is 1. The summed E-state index contributed by atoms with van der Waals surface area (Å²) < 4.78 is 68.1. The number of nitrogens with two attached hydrogens (primary N) is 3. The Kier molecular flexibility index (Phi) is 13.1. The van der Waals surface area contributed by atoms with Crippen LogP contribution in [0.25, 0.3) is 11.2 Å². The van der Waals surface area contributed by atoms with E-state index in [1.807, 2.05) is 0 Å². The number of imidazole rings is 1. The minimum Gasteiger partial charge on any atom is -0.395 e. The first-order chi connectivity index (χ1) is 25.8. The van der Waals surface area contributed by atoms with E-state index in [4.69, 9.17) is 25.5 Å². The van der Waals surface area contributed by atoms with Crippen LogP contribution in [-0.2, 0) is 40.8 Å². The van der Waals surface area contributed by atoms with Gasteiger partial charge >= 0.3 is 29.0 Å². The van der Waals surface area contributed by atoms with Crippen LogP contribution >= 0.6 is 23.5 Å². The Morgan fingerprint density at radius 2 is 1.64 bits per heavy atom. The molecule has 2 aliphatic rings. The number of H-pyrrole nitrogens is 2. The fourth-order valence-corrected chi connectivity index (χ4v) is 9.18. The molecule has 5 heterocycles. The molecule has 3 aromatic heterocycles. The summed E-state index contributed by atoms with van der Waals surface area (Å²) in [5.74, 6) is -0.462. The Hall–Kier alpha value is -3.50. The number of ether oxygens (including phenoxy) is 2. The lowest BCUT2D eigenvalue weighted by Crippen LogP contribution is -2.75. The van der Waals surface area contributed by atoms with Gasteiger partial charge in [0.05, 0.1) is 39.3 Å². The molecule has 0 bridgehead atoms. The molecule has 55 heavy (non-hydrogen) atoms. The summed E-state index contributed by atoms with van der Waals surface area (Å²) in [4.78, 5) is 74.5. The van der Waals surface area contributed by atoms with Crippen LogP contribution in [0.1, 0.15) is 6.23 Å². The molecule has 306 valence electrons. The van der Waals surface area contributed by atoms with Crippen molar-refractivity contribution < 1.29 is 76.2 Å². The zero-order valence-electron chi connectivity index (χ0n) is 28.5. The first-order valence-corrected chi connectivity index (χ1v) is 20.3. The SMILES string of the molecule is C=CN(c1nc(N)[nH]c(=O)c1[NH2+]C)C1CN(CCO)CC(COP(=O)(O)OP(=O)(O)OP(=O)(O)OCC2OC(n3cnc4c(=O)[nH]c(N)nc43)C(O)C2O)O1. The van der Waals surface area contributed by atoms with E-state index in [1.54, 1.807) is 11.9 Å². The molecule has 28 nitrogen and oxygen atoms in total. The summed E-state index contributed by atoms with van der Waals surface area (Å²) in [6.45, 7) is 1.72. The summed E-state index contributed by atoms with van der Waals surface area (Å²) in [7, 11) is -15.6. The van der Waals surface area contributed by atoms with Crippen LogP contribution in [0, 0.1) is 0 Å². The number of aromatic nitrogens is 6. The van der Waals surface area contributed by atoms with E-state index in [0.29, 0.717) is 0 Å². The predicted molar refractivity (Wildman–Crippen MR) is 184 cm³/mol. The Bertz CT molecular complexity index is 2140. The third-order valence-corrected chi connectivity index (χ3v) is 12.2. The van der Waals surface area contributed by atoms with Gasteiger partial charge in [-0.3, -0.25) is 38.1 Å². The van der Waals surface area contributed by atoms with Crippen molar-refractivity contribution in [1.29, 1.82) is 0 Å². The van der Waals surface area contributed by atoms with Gasteiger partial charge in [0.1, 0.15) is 24.5 Å².